The van der Waals surface area contributed by atoms with Crippen molar-refractivity contribution in [1.82, 2.24) is 15.1 Å². The average Bonchev–Trinajstić information content (AvgIpc) is 3.11. The summed E-state index contributed by atoms with van der Waals surface area (Å²) in [7, 11) is 3.20. The molecule has 1 aliphatic heterocycles. The first kappa shape index (κ1) is 15.4. The lowest BCUT2D eigenvalue weighted by Crippen LogP contribution is -2.40. The minimum atomic E-state index is -0.0994. The molecule has 1 aromatic heterocycles. The summed E-state index contributed by atoms with van der Waals surface area (Å²) in [5.74, 6) is 1.29. The number of methoxy groups -OCH3 is 2. The number of H-pyrrole nitrogens is 1. The molecule has 0 atom stereocenters. The SMILES string of the molecule is COc1ccc(OC)c(-c2cc(C(=O)N3CCOCC3)n[nH]2)c1. The Balaban J connectivity index is 1.88. The first-order valence-electron chi connectivity index (χ1n) is 7.37. The van der Waals surface area contributed by atoms with Crippen LogP contribution in [0.2, 0.25) is 0 Å². The minimum absolute atomic E-state index is 0.0994. The lowest BCUT2D eigenvalue weighted by molar-refractivity contribution is 0.0299. The Bertz CT molecular complexity index is 692. The second-order valence-electron chi connectivity index (χ2n) is 5.14. The third kappa shape index (κ3) is 3.14. The van der Waals surface area contributed by atoms with E-state index in [0.29, 0.717) is 49.2 Å². The van der Waals surface area contributed by atoms with Crippen molar-refractivity contribution in [2.75, 3.05) is 40.5 Å². The number of carbonyl (C=O) groups excluding carboxylic acids is 1. The molecule has 2 aromatic rings. The minimum Gasteiger partial charge on any atom is -0.497 e. The fraction of sp³-hybridized carbons (Fsp3) is 0.375. The van der Waals surface area contributed by atoms with Crippen molar-refractivity contribution in [1.29, 1.82) is 0 Å². The van der Waals surface area contributed by atoms with Gasteiger partial charge in [0, 0.05) is 18.7 Å². The number of ether oxygens (including phenoxy) is 3. The number of rotatable bonds is 4. The van der Waals surface area contributed by atoms with Crippen molar-refractivity contribution in [3.63, 3.8) is 0 Å². The van der Waals surface area contributed by atoms with E-state index < -0.39 is 0 Å². The van der Waals surface area contributed by atoms with E-state index in [0.717, 1.165) is 5.56 Å². The number of amides is 1. The number of hydrogen-bond acceptors (Lipinski definition) is 5. The number of hydrogen-bond donors (Lipinski definition) is 1. The number of benzene rings is 1. The highest BCUT2D eigenvalue weighted by molar-refractivity contribution is 5.93. The molecule has 0 bridgehead atoms. The van der Waals surface area contributed by atoms with Crippen LogP contribution >= 0.6 is 0 Å². The summed E-state index contributed by atoms with van der Waals surface area (Å²) < 4.78 is 15.9. The Hall–Kier alpha value is -2.54. The second-order valence-corrected chi connectivity index (χ2v) is 5.14. The second kappa shape index (κ2) is 6.70. The van der Waals surface area contributed by atoms with Crippen LogP contribution in [-0.2, 0) is 4.74 Å². The average molecular weight is 317 g/mol. The molecule has 23 heavy (non-hydrogen) atoms. The van der Waals surface area contributed by atoms with E-state index in [4.69, 9.17) is 14.2 Å². The van der Waals surface area contributed by atoms with Gasteiger partial charge in [-0.25, -0.2) is 0 Å². The molecule has 7 nitrogen and oxygen atoms in total. The van der Waals surface area contributed by atoms with Crippen molar-refractivity contribution in [2.24, 2.45) is 0 Å². The summed E-state index contributed by atoms with van der Waals surface area (Å²) in [5, 5.41) is 7.05. The van der Waals surface area contributed by atoms with Gasteiger partial charge in [-0.3, -0.25) is 9.89 Å². The van der Waals surface area contributed by atoms with Crippen molar-refractivity contribution in [2.45, 2.75) is 0 Å². The fourth-order valence-corrected chi connectivity index (χ4v) is 2.52. The summed E-state index contributed by atoms with van der Waals surface area (Å²) >= 11 is 0. The Kier molecular flexibility index (Phi) is 4.47. The van der Waals surface area contributed by atoms with E-state index in [-0.39, 0.29) is 5.91 Å². The predicted molar refractivity (Wildman–Crippen MR) is 83.9 cm³/mol. The molecule has 0 radical (unpaired) electrons. The zero-order valence-electron chi connectivity index (χ0n) is 13.2. The Morgan fingerprint density at radius 1 is 1.22 bits per heavy atom. The van der Waals surface area contributed by atoms with Gasteiger partial charge in [-0.2, -0.15) is 5.10 Å². The Morgan fingerprint density at radius 2 is 2.00 bits per heavy atom. The molecule has 122 valence electrons. The van der Waals surface area contributed by atoms with Crippen LogP contribution in [0.4, 0.5) is 0 Å². The lowest BCUT2D eigenvalue weighted by atomic mass is 10.1. The summed E-state index contributed by atoms with van der Waals surface area (Å²) in [6, 6.07) is 7.21. The maximum atomic E-state index is 12.5. The monoisotopic (exact) mass is 317 g/mol. The van der Waals surface area contributed by atoms with Crippen LogP contribution in [0.1, 0.15) is 10.5 Å². The molecule has 1 saturated heterocycles. The van der Waals surface area contributed by atoms with Crippen molar-refractivity contribution in [3.8, 4) is 22.8 Å². The molecule has 1 amide bonds. The summed E-state index contributed by atoms with van der Waals surface area (Å²) in [4.78, 5) is 14.2. The quantitative estimate of drug-likeness (QED) is 0.926. The maximum absolute atomic E-state index is 12.5. The van der Waals surface area contributed by atoms with Crippen LogP contribution in [-0.4, -0.2) is 61.5 Å². The molecule has 0 unspecified atom stereocenters. The van der Waals surface area contributed by atoms with E-state index in [2.05, 4.69) is 10.2 Å². The number of nitrogens with one attached hydrogen (secondary N) is 1. The molecule has 0 spiro atoms. The highest BCUT2D eigenvalue weighted by Crippen LogP contribution is 2.32. The molecule has 1 aliphatic rings. The largest absolute Gasteiger partial charge is 0.497 e. The number of carbonyl (C=O) groups is 1. The summed E-state index contributed by atoms with van der Waals surface area (Å²) in [5.41, 5.74) is 1.88. The molecule has 1 aromatic carbocycles. The van der Waals surface area contributed by atoms with Gasteiger partial charge in [0.2, 0.25) is 0 Å². The highest BCUT2D eigenvalue weighted by Gasteiger charge is 2.21. The molecule has 1 fully saturated rings. The van der Waals surface area contributed by atoms with Crippen LogP contribution in [0.15, 0.2) is 24.3 Å². The van der Waals surface area contributed by atoms with E-state index in [9.17, 15) is 4.79 Å². The molecule has 2 heterocycles. The van der Waals surface area contributed by atoms with Crippen LogP contribution in [0.25, 0.3) is 11.3 Å². The topological polar surface area (TPSA) is 76.7 Å². The number of aromatic amines is 1. The van der Waals surface area contributed by atoms with E-state index in [1.807, 2.05) is 18.2 Å². The molecular weight excluding hydrogens is 298 g/mol. The Morgan fingerprint density at radius 3 is 2.70 bits per heavy atom. The third-order valence-corrected chi connectivity index (χ3v) is 3.79. The Labute approximate surface area is 134 Å². The standard InChI is InChI=1S/C16H19N3O4/c1-21-11-3-4-15(22-2)12(9-11)13-10-14(18-17-13)16(20)19-5-7-23-8-6-19/h3-4,9-10H,5-8H2,1-2H3,(H,17,18). The van der Waals surface area contributed by atoms with Crippen LogP contribution in [0.3, 0.4) is 0 Å². The van der Waals surface area contributed by atoms with Crippen LogP contribution in [0.5, 0.6) is 11.5 Å². The number of nitrogens with zero attached hydrogens (tertiary/aromatic N) is 2. The van der Waals surface area contributed by atoms with Crippen molar-refractivity contribution in [3.05, 3.63) is 30.0 Å². The van der Waals surface area contributed by atoms with Gasteiger partial charge in [0.1, 0.15) is 11.5 Å². The number of morpholine rings is 1. The predicted octanol–water partition coefficient (Wildman–Crippen LogP) is 1.57. The highest BCUT2D eigenvalue weighted by atomic mass is 16.5. The van der Waals surface area contributed by atoms with Crippen LogP contribution in [0, 0.1) is 0 Å². The normalized spacial score (nSPS) is 14.6. The maximum Gasteiger partial charge on any atom is 0.274 e. The zero-order valence-corrected chi connectivity index (χ0v) is 13.2. The van der Waals surface area contributed by atoms with E-state index >= 15 is 0 Å². The first-order valence-corrected chi connectivity index (χ1v) is 7.37. The van der Waals surface area contributed by atoms with Crippen molar-refractivity contribution < 1.29 is 19.0 Å². The van der Waals surface area contributed by atoms with Gasteiger partial charge < -0.3 is 19.1 Å². The molecule has 1 N–H and O–H groups in total. The van der Waals surface area contributed by atoms with E-state index in [1.165, 1.54) is 0 Å². The van der Waals surface area contributed by atoms with Gasteiger partial charge in [-0.15, -0.1) is 0 Å². The molecule has 7 heteroatoms. The molecule has 0 saturated carbocycles. The molecular formula is C16H19N3O4. The summed E-state index contributed by atoms with van der Waals surface area (Å²) in [6.07, 6.45) is 0. The van der Waals surface area contributed by atoms with Gasteiger partial charge in [0.05, 0.1) is 33.1 Å². The van der Waals surface area contributed by atoms with Crippen LogP contribution < -0.4 is 9.47 Å². The van der Waals surface area contributed by atoms with Gasteiger partial charge in [0.15, 0.2) is 5.69 Å². The molecule has 0 aliphatic carbocycles. The van der Waals surface area contributed by atoms with Gasteiger partial charge in [0.25, 0.3) is 5.91 Å². The molecule has 3 rings (SSSR count). The van der Waals surface area contributed by atoms with Gasteiger partial charge >= 0.3 is 0 Å². The third-order valence-electron chi connectivity index (χ3n) is 3.79. The van der Waals surface area contributed by atoms with E-state index in [1.54, 1.807) is 25.2 Å². The van der Waals surface area contributed by atoms with Gasteiger partial charge in [-0.1, -0.05) is 0 Å². The summed E-state index contributed by atoms with van der Waals surface area (Å²) in [6.45, 7) is 2.30. The first-order chi connectivity index (χ1) is 11.2. The smallest absolute Gasteiger partial charge is 0.274 e. The van der Waals surface area contributed by atoms with Gasteiger partial charge in [-0.05, 0) is 24.3 Å². The zero-order chi connectivity index (χ0) is 16.2. The number of aromatic nitrogens is 2. The van der Waals surface area contributed by atoms with Crippen molar-refractivity contribution >= 4 is 5.91 Å². The fourth-order valence-electron chi connectivity index (χ4n) is 2.52. The lowest BCUT2D eigenvalue weighted by Gasteiger charge is -2.25.